The van der Waals surface area contributed by atoms with Gasteiger partial charge in [0.05, 0.1) is 6.54 Å². The average molecular weight is 224 g/mol. The lowest BCUT2D eigenvalue weighted by Gasteiger charge is -2.29. The van der Waals surface area contributed by atoms with Crippen LogP contribution in [-0.4, -0.2) is 23.4 Å². The second-order valence-electron chi connectivity index (χ2n) is 3.90. The minimum atomic E-state index is 0.0821. The predicted molar refractivity (Wildman–Crippen MR) is 61.7 cm³/mol. The summed E-state index contributed by atoms with van der Waals surface area (Å²) in [6.07, 6.45) is 1.08. The fourth-order valence-corrected chi connectivity index (χ4v) is 2.60. The van der Waals surface area contributed by atoms with Gasteiger partial charge in [-0.3, -0.25) is 10.1 Å². The summed E-state index contributed by atoms with van der Waals surface area (Å²) in [4.78, 5) is 13.7. The van der Waals surface area contributed by atoms with Crippen LogP contribution in [0.1, 0.15) is 32.0 Å². The summed E-state index contributed by atoms with van der Waals surface area (Å²) in [6.45, 7) is 4.68. The first-order valence-corrected chi connectivity index (χ1v) is 6.25. The van der Waals surface area contributed by atoms with Gasteiger partial charge in [0.1, 0.15) is 6.17 Å². The van der Waals surface area contributed by atoms with Gasteiger partial charge in [0.2, 0.25) is 5.91 Å². The van der Waals surface area contributed by atoms with E-state index in [4.69, 9.17) is 0 Å². The number of rotatable bonds is 3. The first-order valence-electron chi connectivity index (χ1n) is 5.30. The summed E-state index contributed by atoms with van der Waals surface area (Å²) >= 11 is 1.67. The lowest BCUT2D eigenvalue weighted by atomic mass is 10.1. The third-order valence-corrected chi connectivity index (χ3v) is 3.64. The number of carbonyl (C=O) groups is 1. The van der Waals surface area contributed by atoms with Crippen LogP contribution in [0.3, 0.4) is 0 Å². The van der Waals surface area contributed by atoms with Crippen LogP contribution in [0.15, 0.2) is 16.8 Å². The summed E-state index contributed by atoms with van der Waals surface area (Å²) in [5, 5.41) is 7.41. The second-order valence-corrected chi connectivity index (χ2v) is 4.68. The van der Waals surface area contributed by atoms with E-state index >= 15 is 0 Å². The number of amides is 1. The van der Waals surface area contributed by atoms with Gasteiger partial charge >= 0.3 is 0 Å². The van der Waals surface area contributed by atoms with E-state index in [2.05, 4.69) is 36.0 Å². The maximum atomic E-state index is 11.7. The Hall–Kier alpha value is -0.870. The Labute approximate surface area is 94.1 Å². The molecule has 0 aromatic carbocycles. The average Bonchev–Trinajstić information content (AvgIpc) is 2.85. The monoisotopic (exact) mass is 224 g/mol. The van der Waals surface area contributed by atoms with E-state index in [0.717, 1.165) is 6.42 Å². The van der Waals surface area contributed by atoms with Crippen molar-refractivity contribution in [2.24, 2.45) is 0 Å². The van der Waals surface area contributed by atoms with Gasteiger partial charge in [-0.15, -0.1) is 0 Å². The first kappa shape index (κ1) is 10.6. The lowest BCUT2D eigenvalue weighted by molar-refractivity contribution is -0.130. The van der Waals surface area contributed by atoms with E-state index < -0.39 is 0 Å². The molecule has 0 spiro atoms. The summed E-state index contributed by atoms with van der Waals surface area (Å²) in [5.41, 5.74) is 1.20. The number of nitrogens with zero attached hydrogens (tertiary/aromatic N) is 1. The molecule has 1 saturated heterocycles. The van der Waals surface area contributed by atoms with Crippen molar-refractivity contribution in [2.45, 2.75) is 32.5 Å². The highest BCUT2D eigenvalue weighted by Gasteiger charge is 2.34. The fraction of sp³-hybridized carbons (Fsp3) is 0.545. The zero-order valence-electron chi connectivity index (χ0n) is 9.06. The highest BCUT2D eigenvalue weighted by Crippen LogP contribution is 2.27. The molecule has 1 aliphatic heterocycles. The van der Waals surface area contributed by atoms with E-state index in [9.17, 15) is 4.79 Å². The smallest absolute Gasteiger partial charge is 0.238 e. The molecule has 1 fully saturated rings. The maximum Gasteiger partial charge on any atom is 0.238 e. The van der Waals surface area contributed by atoms with Gasteiger partial charge in [-0.05, 0) is 35.7 Å². The Bertz CT molecular complexity index is 336. The number of hydrogen-bond donors (Lipinski definition) is 1. The molecule has 1 aromatic rings. The molecule has 82 valence electrons. The van der Waals surface area contributed by atoms with E-state index in [1.165, 1.54) is 5.56 Å². The molecule has 1 aromatic heterocycles. The van der Waals surface area contributed by atoms with Gasteiger partial charge in [0.25, 0.3) is 0 Å². The molecule has 1 aliphatic rings. The molecule has 2 unspecified atom stereocenters. The van der Waals surface area contributed by atoms with Crippen LogP contribution >= 0.6 is 11.3 Å². The Morgan fingerprint density at radius 1 is 1.73 bits per heavy atom. The third kappa shape index (κ3) is 1.92. The number of thiophene rings is 1. The molecule has 2 rings (SSSR count). The van der Waals surface area contributed by atoms with E-state index in [1.54, 1.807) is 11.3 Å². The van der Waals surface area contributed by atoms with Crippen LogP contribution in [-0.2, 0) is 4.79 Å². The van der Waals surface area contributed by atoms with Gasteiger partial charge in [-0.2, -0.15) is 11.3 Å². The summed E-state index contributed by atoms with van der Waals surface area (Å²) in [7, 11) is 0. The van der Waals surface area contributed by atoms with Crippen LogP contribution in [0.4, 0.5) is 0 Å². The van der Waals surface area contributed by atoms with Crippen molar-refractivity contribution < 1.29 is 4.79 Å². The standard InChI is InChI=1S/C11H16N2OS/c1-3-8(2)13-10(14)6-12-11(13)9-4-5-15-7-9/h4-5,7-8,11-12H,3,6H2,1-2H3. The van der Waals surface area contributed by atoms with Crippen LogP contribution < -0.4 is 5.32 Å². The van der Waals surface area contributed by atoms with Crippen molar-refractivity contribution in [2.75, 3.05) is 6.54 Å². The molecule has 3 nitrogen and oxygen atoms in total. The molecular formula is C11H16N2OS. The van der Waals surface area contributed by atoms with Gasteiger partial charge in [-0.25, -0.2) is 0 Å². The van der Waals surface area contributed by atoms with Crippen LogP contribution in [0.2, 0.25) is 0 Å². The first-order chi connectivity index (χ1) is 7.24. The highest BCUT2D eigenvalue weighted by atomic mass is 32.1. The summed E-state index contributed by atoms with van der Waals surface area (Å²) in [5.74, 6) is 0.209. The molecule has 1 N–H and O–H groups in total. The zero-order valence-corrected chi connectivity index (χ0v) is 9.88. The van der Waals surface area contributed by atoms with Crippen molar-refractivity contribution in [1.82, 2.24) is 10.2 Å². The summed E-state index contributed by atoms with van der Waals surface area (Å²) < 4.78 is 0. The Kier molecular flexibility index (Phi) is 3.07. The third-order valence-electron chi connectivity index (χ3n) is 2.94. The summed E-state index contributed by atoms with van der Waals surface area (Å²) in [6, 6.07) is 2.38. The van der Waals surface area contributed by atoms with Crippen molar-refractivity contribution >= 4 is 17.2 Å². The molecule has 2 atom stereocenters. The SMILES string of the molecule is CCC(C)N1C(=O)CNC1c1ccsc1. The maximum absolute atomic E-state index is 11.7. The highest BCUT2D eigenvalue weighted by molar-refractivity contribution is 7.07. The Morgan fingerprint density at radius 3 is 3.13 bits per heavy atom. The van der Waals surface area contributed by atoms with Crippen molar-refractivity contribution in [3.63, 3.8) is 0 Å². The number of hydrogen-bond acceptors (Lipinski definition) is 3. The van der Waals surface area contributed by atoms with Gasteiger partial charge in [-0.1, -0.05) is 6.92 Å². The second kappa shape index (κ2) is 4.33. The van der Waals surface area contributed by atoms with Gasteiger partial charge in [0, 0.05) is 6.04 Å². The quantitative estimate of drug-likeness (QED) is 0.851. The Balaban J connectivity index is 2.21. The zero-order chi connectivity index (χ0) is 10.8. The lowest BCUT2D eigenvalue weighted by Crippen LogP contribution is -2.37. The fourth-order valence-electron chi connectivity index (χ4n) is 1.92. The van der Waals surface area contributed by atoms with Crippen molar-refractivity contribution in [3.8, 4) is 0 Å². The van der Waals surface area contributed by atoms with E-state index in [0.29, 0.717) is 12.6 Å². The van der Waals surface area contributed by atoms with Crippen LogP contribution in [0.5, 0.6) is 0 Å². The predicted octanol–water partition coefficient (Wildman–Crippen LogP) is 1.98. The molecule has 2 heterocycles. The van der Waals surface area contributed by atoms with Gasteiger partial charge < -0.3 is 4.90 Å². The minimum Gasteiger partial charge on any atom is -0.319 e. The molecule has 0 radical (unpaired) electrons. The minimum absolute atomic E-state index is 0.0821. The molecule has 0 saturated carbocycles. The Morgan fingerprint density at radius 2 is 2.53 bits per heavy atom. The molecule has 15 heavy (non-hydrogen) atoms. The topological polar surface area (TPSA) is 32.3 Å². The molecule has 1 amide bonds. The van der Waals surface area contributed by atoms with Crippen molar-refractivity contribution in [3.05, 3.63) is 22.4 Å². The van der Waals surface area contributed by atoms with Crippen LogP contribution in [0.25, 0.3) is 0 Å². The van der Waals surface area contributed by atoms with E-state index in [-0.39, 0.29) is 12.1 Å². The molecule has 4 heteroatoms. The normalized spacial score (nSPS) is 23.5. The molecule has 0 aliphatic carbocycles. The largest absolute Gasteiger partial charge is 0.319 e. The van der Waals surface area contributed by atoms with Crippen LogP contribution in [0, 0.1) is 0 Å². The molecular weight excluding hydrogens is 208 g/mol. The van der Waals surface area contributed by atoms with E-state index in [1.807, 2.05) is 4.90 Å². The number of nitrogens with one attached hydrogen (secondary N) is 1. The molecule has 0 bridgehead atoms. The number of carbonyl (C=O) groups excluding carboxylic acids is 1. The van der Waals surface area contributed by atoms with Gasteiger partial charge in [0.15, 0.2) is 0 Å². The van der Waals surface area contributed by atoms with Crippen molar-refractivity contribution in [1.29, 1.82) is 0 Å².